The number of hydrogen-bond acceptors (Lipinski definition) is 3. The SMILES string of the molecule is CCCC(CCC)C(=O)N(C)C(C)C(N)=NO. The molecule has 0 aliphatic carbocycles. The summed E-state index contributed by atoms with van der Waals surface area (Å²) in [6.07, 6.45) is 3.75. The smallest absolute Gasteiger partial charge is 0.226 e. The van der Waals surface area contributed by atoms with Gasteiger partial charge in [0.2, 0.25) is 5.91 Å². The van der Waals surface area contributed by atoms with Gasteiger partial charge in [-0.15, -0.1) is 0 Å². The van der Waals surface area contributed by atoms with Gasteiger partial charge < -0.3 is 15.8 Å². The van der Waals surface area contributed by atoms with E-state index < -0.39 is 0 Å². The van der Waals surface area contributed by atoms with Crippen LogP contribution in [0.5, 0.6) is 0 Å². The van der Waals surface area contributed by atoms with Crippen molar-refractivity contribution in [3.05, 3.63) is 0 Å². The molecule has 1 amide bonds. The molecule has 0 aliphatic heterocycles. The van der Waals surface area contributed by atoms with Gasteiger partial charge in [0.15, 0.2) is 5.84 Å². The van der Waals surface area contributed by atoms with Gasteiger partial charge in [0.25, 0.3) is 0 Å². The van der Waals surface area contributed by atoms with E-state index in [1.165, 1.54) is 0 Å². The number of carbonyl (C=O) groups excluding carboxylic acids is 1. The lowest BCUT2D eigenvalue weighted by molar-refractivity contribution is -0.135. The molecule has 0 spiro atoms. The molecular formula is C12H25N3O2. The highest BCUT2D eigenvalue weighted by Crippen LogP contribution is 2.17. The maximum absolute atomic E-state index is 12.2. The summed E-state index contributed by atoms with van der Waals surface area (Å²) in [5.74, 6) is 0.185. The minimum atomic E-state index is -0.372. The Bertz CT molecular complexity index is 260. The van der Waals surface area contributed by atoms with Crippen molar-refractivity contribution in [2.75, 3.05) is 7.05 Å². The van der Waals surface area contributed by atoms with Gasteiger partial charge in [0.05, 0.1) is 6.04 Å². The summed E-state index contributed by atoms with van der Waals surface area (Å²) in [4.78, 5) is 13.8. The first-order chi connectivity index (χ1) is 7.99. The zero-order valence-electron chi connectivity index (χ0n) is 11.3. The van der Waals surface area contributed by atoms with Crippen molar-refractivity contribution < 1.29 is 10.0 Å². The van der Waals surface area contributed by atoms with Gasteiger partial charge in [-0.05, 0) is 19.8 Å². The summed E-state index contributed by atoms with van der Waals surface area (Å²) in [5, 5.41) is 11.5. The van der Waals surface area contributed by atoms with Crippen molar-refractivity contribution in [2.45, 2.75) is 52.5 Å². The lowest BCUT2D eigenvalue weighted by atomic mass is 9.96. The van der Waals surface area contributed by atoms with Gasteiger partial charge in [-0.1, -0.05) is 31.8 Å². The second-order valence-corrected chi connectivity index (χ2v) is 4.42. The van der Waals surface area contributed by atoms with Crippen molar-refractivity contribution in [3.8, 4) is 0 Å². The van der Waals surface area contributed by atoms with Gasteiger partial charge in [0.1, 0.15) is 0 Å². The minimum Gasteiger partial charge on any atom is -0.409 e. The number of oxime groups is 1. The highest BCUT2D eigenvalue weighted by molar-refractivity contribution is 5.90. The number of carbonyl (C=O) groups is 1. The van der Waals surface area contributed by atoms with Crippen LogP contribution in [0.15, 0.2) is 5.16 Å². The van der Waals surface area contributed by atoms with Crippen molar-refractivity contribution >= 4 is 11.7 Å². The third kappa shape index (κ3) is 4.63. The van der Waals surface area contributed by atoms with Crippen LogP contribution < -0.4 is 5.73 Å². The van der Waals surface area contributed by atoms with E-state index in [1.807, 2.05) is 0 Å². The Morgan fingerprint density at radius 1 is 1.35 bits per heavy atom. The summed E-state index contributed by atoms with van der Waals surface area (Å²) < 4.78 is 0. The third-order valence-electron chi connectivity index (χ3n) is 3.10. The maximum Gasteiger partial charge on any atom is 0.226 e. The van der Waals surface area contributed by atoms with Gasteiger partial charge >= 0.3 is 0 Å². The Labute approximate surface area is 104 Å². The molecule has 0 heterocycles. The topological polar surface area (TPSA) is 78.9 Å². The molecule has 0 rings (SSSR count). The molecule has 17 heavy (non-hydrogen) atoms. The van der Waals surface area contributed by atoms with Crippen LogP contribution in [-0.4, -0.2) is 34.9 Å². The molecule has 0 bridgehead atoms. The lowest BCUT2D eigenvalue weighted by Gasteiger charge is -2.28. The molecule has 0 fully saturated rings. The molecule has 0 aromatic rings. The third-order valence-corrected chi connectivity index (χ3v) is 3.10. The van der Waals surface area contributed by atoms with Crippen molar-refractivity contribution in [3.63, 3.8) is 0 Å². The van der Waals surface area contributed by atoms with Crippen LogP contribution in [0.25, 0.3) is 0 Å². The summed E-state index contributed by atoms with van der Waals surface area (Å²) in [7, 11) is 1.70. The monoisotopic (exact) mass is 243 g/mol. The van der Waals surface area contributed by atoms with Crippen LogP contribution in [0.4, 0.5) is 0 Å². The highest BCUT2D eigenvalue weighted by atomic mass is 16.4. The first kappa shape index (κ1) is 15.7. The second-order valence-electron chi connectivity index (χ2n) is 4.42. The van der Waals surface area contributed by atoms with Crippen LogP contribution >= 0.6 is 0 Å². The summed E-state index contributed by atoms with van der Waals surface area (Å²) in [6, 6.07) is -0.372. The van der Waals surface area contributed by atoms with Crippen molar-refractivity contribution in [1.29, 1.82) is 0 Å². The van der Waals surface area contributed by atoms with E-state index >= 15 is 0 Å². The first-order valence-corrected chi connectivity index (χ1v) is 6.23. The number of amides is 1. The van der Waals surface area contributed by atoms with Crippen molar-refractivity contribution in [1.82, 2.24) is 4.90 Å². The van der Waals surface area contributed by atoms with E-state index in [4.69, 9.17) is 10.9 Å². The summed E-state index contributed by atoms with van der Waals surface area (Å²) in [6.45, 7) is 5.90. The fourth-order valence-corrected chi connectivity index (χ4v) is 1.85. The molecule has 1 unspecified atom stereocenters. The lowest BCUT2D eigenvalue weighted by Crippen LogP contribution is -2.46. The summed E-state index contributed by atoms with van der Waals surface area (Å²) >= 11 is 0. The molecule has 0 radical (unpaired) electrons. The number of nitrogens with two attached hydrogens (primary N) is 1. The molecule has 0 saturated carbocycles. The second kappa shape index (κ2) is 7.92. The van der Waals surface area contributed by atoms with Crippen LogP contribution in [0.3, 0.4) is 0 Å². The normalized spacial score (nSPS) is 13.8. The van der Waals surface area contributed by atoms with Crippen LogP contribution in [0.2, 0.25) is 0 Å². The standard InChI is InChI=1S/C12H25N3O2/c1-5-7-10(8-6-2)12(16)15(4)9(3)11(13)14-17/h9-10,17H,5-8H2,1-4H3,(H2,13,14). The molecule has 0 aromatic heterocycles. The fraction of sp³-hybridized carbons (Fsp3) is 0.833. The number of hydrogen-bond donors (Lipinski definition) is 2. The Balaban J connectivity index is 4.64. The molecule has 5 nitrogen and oxygen atoms in total. The molecule has 0 saturated heterocycles. The first-order valence-electron chi connectivity index (χ1n) is 6.23. The van der Waals surface area contributed by atoms with Gasteiger partial charge in [-0.25, -0.2) is 0 Å². The quantitative estimate of drug-likeness (QED) is 0.310. The number of rotatable bonds is 7. The molecule has 0 aromatic carbocycles. The molecule has 0 aliphatic rings. The average Bonchev–Trinajstić information content (AvgIpc) is 2.34. The zero-order valence-corrected chi connectivity index (χ0v) is 11.3. The Morgan fingerprint density at radius 2 is 1.82 bits per heavy atom. The maximum atomic E-state index is 12.2. The minimum absolute atomic E-state index is 0.0453. The molecule has 100 valence electrons. The van der Waals surface area contributed by atoms with E-state index in [-0.39, 0.29) is 23.7 Å². The Morgan fingerprint density at radius 3 is 2.18 bits per heavy atom. The van der Waals surface area contributed by atoms with Gasteiger partial charge in [0, 0.05) is 13.0 Å². The largest absolute Gasteiger partial charge is 0.409 e. The highest BCUT2D eigenvalue weighted by Gasteiger charge is 2.25. The van der Waals surface area contributed by atoms with Crippen LogP contribution in [0, 0.1) is 5.92 Å². The van der Waals surface area contributed by atoms with E-state index in [0.717, 1.165) is 25.7 Å². The molecule has 5 heteroatoms. The van der Waals surface area contributed by atoms with Crippen LogP contribution in [0.1, 0.15) is 46.5 Å². The Hall–Kier alpha value is -1.26. The average molecular weight is 243 g/mol. The predicted molar refractivity (Wildman–Crippen MR) is 68.9 cm³/mol. The number of nitrogens with zero attached hydrogens (tertiary/aromatic N) is 2. The number of likely N-dealkylation sites (N-methyl/N-ethyl adjacent to an activating group) is 1. The molecule has 3 N–H and O–H groups in total. The van der Waals surface area contributed by atoms with E-state index in [1.54, 1.807) is 18.9 Å². The van der Waals surface area contributed by atoms with E-state index in [0.29, 0.717) is 0 Å². The molecular weight excluding hydrogens is 218 g/mol. The van der Waals surface area contributed by atoms with E-state index in [9.17, 15) is 4.79 Å². The van der Waals surface area contributed by atoms with Crippen LogP contribution in [-0.2, 0) is 4.79 Å². The van der Waals surface area contributed by atoms with Gasteiger partial charge in [-0.2, -0.15) is 0 Å². The number of amidine groups is 1. The fourth-order valence-electron chi connectivity index (χ4n) is 1.85. The summed E-state index contributed by atoms with van der Waals surface area (Å²) in [5.41, 5.74) is 5.51. The predicted octanol–water partition coefficient (Wildman–Crippen LogP) is 1.80. The van der Waals surface area contributed by atoms with Gasteiger partial charge in [-0.3, -0.25) is 4.79 Å². The van der Waals surface area contributed by atoms with E-state index in [2.05, 4.69) is 19.0 Å². The van der Waals surface area contributed by atoms with Crippen molar-refractivity contribution in [2.24, 2.45) is 16.8 Å². The Kier molecular flexibility index (Phi) is 7.34. The molecule has 1 atom stereocenters. The zero-order chi connectivity index (χ0) is 13.4.